The lowest BCUT2D eigenvalue weighted by Crippen LogP contribution is -2.44. The number of carbonyl (C=O) groups is 2. The molecule has 8 heteroatoms. The number of amides is 2. The van der Waals surface area contributed by atoms with E-state index in [2.05, 4.69) is 44.3 Å². The minimum Gasteiger partial charge on any atom is -0.464 e. The van der Waals surface area contributed by atoms with Crippen LogP contribution in [-0.2, 0) is 4.74 Å². The van der Waals surface area contributed by atoms with Crippen molar-refractivity contribution in [3.05, 3.63) is 77.3 Å². The molecule has 2 unspecified atom stereocenters. The summed E-state index contributed by atoms with van der Waals surface area (Å²) in [6, 6.07) is 8.04. The Hall–Kier alpha value is -3.94. The second-order valence-corrected chi connectivity index (χ2v) is 9.28. The van der Waals surface area contributed by atoms with Gasteiger partial charge in [0, 0.05) is 25.0 Å². The van der Waals surface area contributed by atoms with Gasteiger partial charge >= 0.3 is 12.0 Å². The van der Waals surface area contributed by atoms with E-state index in [1.807, 2.05) is 29.2 Å². The van der Waals surface area contributed by atoms with Crippen LogP contribution in [0.4, 0.5) is 4.79 Å². The molecule has 5 rings (SSSR count). The molecule has 2 amide bonds. The highest BCUT2D eigenvalue weighted by molar-refractivity contribution is 5.86. The highest BCUT2D eigenvalue weighted by Gasteiger charge is 2.41. The summed E-state index contributed by atoms with van der Waals surface area (Å²) in [5, 5.41) is 3.22. The maximum Gasteiger partial charge on any atom is 0.358 e. The predicted octanol–water partition coefficient (Wildman–Crippen LogP) is 4.91. The van der Waals surface area contributed by atoms with Crippen molar-refractivity contribution in [2.75, 3.05) is 20.2 Å². The second-order valence-electron chi connectivity index (χ2n) is 9.28. The first-order valence-corrected chi connectivity index (χ1v) is 12.4. The topological polar surface area (TPSA) is 93.7 Å². The Labute approximate surface area is 210 Å². The quantitative estimate of drug-likeness (QED) is 0.583. The number of likely N-dealkylation sites (tertiary alicyclic amines) is 1. The van der Waals surface area contributed by atoms with Crippen LogP contribution in [-0.4, -0.2) is 53.1 Å². The predicted molar refractivity (Wildman–Crippen MR) is 136 cm³/mol. The van der Waals surface area contributed by atoms with Crippen molar-refractivity contribution in [1.82, 2.24) is 20.2 Å². The summed E-state index contributed by atoms with van der Waals surface area (Å²) in [5.74, 6) is 0.859. The highest BCUT2D eigenvalue weighted by atomic mass is 16.5. The van der Waals surface area contributed by atoms with E-state index >= 15 is 0 Å². The molecule has 1 aromatic heterocycles. The van der Waals surface area contributed by atoms with E-state index in [1.165, 1.54) is 30.6 Å². The summed E-state index contributed by atoms with van der Waals surface area (Å²) < 4.78 is 10.4. The Morgan fingerprint density at radius 2 is 2.00 bits per heavy atom. The van der Waals surface area contributed by atoms with Crippen LogP contribution in [0.5, 0.6) is 11.6 Å². The zero-order valence-corrected chi connectivity index (χ0v) is 20.4. The Morgan fingerprint density at radius 1 is 1.14 bits per heavy atom. The number of carbonyl (C=O) groups excluding carboxylic acids is 2. The van der Waals surface area contributed by atoms with E-state index in [9.17, 15) is 9.59 Å². The summed E-state index contributed by atoms with van der Waals surface area (Å²) in [6.45, 7) is 1.44. The van der Waals surface area contributed by atoms with Crippen LogP contribution in [0.15, 0.2) is 66.0 Å². The molecule has 36 heavy (non-hydrogen) atoms. The molecule has 2 aliphatic carbocycles. The van der Waals surface area contributed by atoms with Crippen molar-refractivity contribution in [3.63, 3.8) is 0 Å². The minimum atomic E-state index is -0.544. The number of nitrogens with zero attached hydrogens (tertiary/aromatic N) is 3. The van der Waals surface area contributed by atoms with Crippen LogP contribution < -0.4 is 10.1 Å². The van der Waals surface area contributed by atoms with Crippen molar-refractivity contribution in [2.45, 2.75) is 38.1 Å². The normalized spacial score (nSPS) is 20.9. The third-order valence-electron chi connectivity index (χ3n) is 6.72. The maximum atomic E-state index is 12.7. The molecule has 1 aromatic carbocycles. The smallest absolute Gasteiger partial charge is 0.358 e. The molecule has 8 nitrogen and oxygen atoms in total. The number of hydrogen-bond acceptors (Lipinski definition) is 6. The van der Waals surface area contributed by atoms with Gasteiger partial charge in [-0.3, -0.25) is 0 Å². The molecule has 2 fully saturated rings. The average molecular weight is 487 g/mol. The largest absolute Gasteiger partial charge is 0.464 e. The van der Waals surface area contributed by atoms with Crippen molar-refractivity contribution >= 4 is 18.1 Å². The van der Waals surface area contributed by atoms with Crippen molar-refractivity contribution in [1.29, 1.82) is 0 Å². The van der Waals surface area contributed by atoms with E-state index in [1.54, 1.807) is 0 Å². The number of rotatable bonds is 6. The first-order valence-electron chi connectivity index (χ1n) is 12.4. The van der Waals surface area contributed by atoms with Gasteiger partial charge < -0.3 is 19.7 Å². The van der Waals surface area contributed by atoms with Crippen LogP contribution in [0.25, 0.3) is 6.08 Å². The lowest BCUT2D eigenvalue weighted by Gasteiger charge is -2.29. The van der Waals surface area contributed by atoms with Gasteiger partial charge in [0.1, 0.15) is 5.75 Å². The monoisotopic (exact) mass is 486 g/mol. The van der Waals surface area contributed by atoms with Crippen molar-refractivity contribution in [3.8, 4) is 11.6 Å². The van der Waals surface area contributed by atoms with Gasteiger partial charge in [0.25, 0.3) is 0 Å². The third-order valence-corrected chi connectivity index (χ3v) is 6.72. The molecule has 0 bridgehead atoms. The molecular weight excluding hydrogens is 456 g/mol. The lowest BCUT2D eigenvalue weighted by atomic mass is 10.0. The zero-order chi connectivity index (χ0) is 24.9. The number of allylic oxidation sites excluding steroid dienone is 3. The highest BCUT2D eigenvalue weighted by Crippen LogP contribution is 2.39. The maximum absolute atomic E-state index is 12.7. The van der Waals surface area contributed by atoms with Crippen molar-refractivity contribution in [2.24, 2.45) is 5.92 Å². The SMILES string of the molecule is COC(=O)c1cnc(Oc2cccc(C=C3CCN(C(=O)NC4CC4C4=CCCC=C4)CC3)c2)cn1. The Morgan fingerprint density at radius 3 is 2.72 bits per heavy atom. The van der Waals surface area contributed by atoms with Gasteiger partial charge in [-0.25, -0.2) is 19.6 Å². The number of aromatic nitrogens is 2. The van der Waals surface area contributed by atoms with Gasteiger partial charge in [0.2, 0.25) is 5.88 Å². The second kappa shape index (κ2) is 10.8. The standard InChI is InChI=1S/C28H30N4O4/c1-35-27(33)25-17-30-26(18-29-25)36-22-9-5-6-20(15-22)14-19-10-12-32(13-11-19)28(34)31-24-16-23(24)21-7-3-2-4-8-21/h3,5-9,14-15,17-18,23-24H,2,4,10-13,16H2,1H3,(H,31,34). The molecule has 2 atom stereocenters. The number of hydrogen-bond donors (Lipinski definition) is 1. The molecule has 2 heterocycles. The summed E-state index contributed by atoms with van der Waals surface area (Å²) in [6.07, 6.45) is 16.6. The summed E-state index contributed by atoms with van der Waals surface area (Å²) >= 11 is 0. The Bertz CT molecular complexity index is 1210. The molecule has 1 saturated carbocycles. The molecule has 1 aliphatic heterocycles. The molecule has 186 valence electrons. The molecule has 2 aromatic rings. The number of benzene rings is 1. The van der Waals surface area contributed by atoms with Gasteiger partial charge in [0.15, 0.2) is 5.69 Å². The van der Waals surface area contributed by atoms with Gasteiger partial charge in [-0.1, -0.05) is 42.0 Å². The fourth-order valence-electron chi connectivity index (χ4n) is 4.63. The molecular formula is C28H30N4O4. The molecule has 0 radical (unpaired) electrons. The molecule has 1 saturated heterocycles. The average Bonchev–Trinajstić information content (AvgIpc) is 3.69. The molecule has 3 aliphatic rings. The van der Waals surface area contributed by atoms with E-state index in [0.717, 1.165) is 50.8 Å². The first kappa shape index (κ1) is 23.8. The zero-order valence-electron chi connectivity index (χ0n) is 20.4. The van der Waals surface area contributed by atoms with Crippen molar-refractivity contribution < 1.29 is 19.1 Å². The van der Waals surface area contributed by atoms with E-state index in [4.69, 9.17) is 4.74 Å². The fraction of sp³-hybridized carbons (Fsp3) is 0.357. The number of nitrogens with one attached hydrogen (secondary N) is 1. The summed E-state index contributed by atoms with van der Waals surface area (Å²) in [5.41, 5.74) is 3.83. The number of piperidine rings is 1. The van der Waals surface area contributed by atoms with Gasteiger partial charge in [-0.15, -0.1) is 0 Å². The molecule has 0 spiro atoms. The van der Waals surface area contributed by atoms with E-state index in [0.29, 0.717) is 17.5 Å². The lowest BCUT2D eigenvalue weighted by molar-refractivity contribution is 0.0593. The number of methoxy groups -OCH3 is 1. The van der Waals surface area contributed by atoms with Gasteiger partial charge in [-0.2, -0.15) is 0 Å². The van der Waals surface area contributed by atoms with Gasteiger partial charge in [-0.05, 0) is 55.4 Å². The van der Waals surface area contributed by atoms with Crippen LogP contribution >= 0.6 is 0 Å². The number of urea groups is 1. The van der Waals surface area contributed by atoms with Gasteiger partial charge in [0.05, 0.1) is 19.5 Å². The number of esters is 1. The van der Waals surface area contributed by atoms with E-state index in [-0.39, 0.29) is 17.8 Å². The Balaban J connectivity index is 1.12. The number of ether oxygens (including phenoxy) is 2. The summed E-state index contributed by atoms with van der Waals surface area (Å²) in [4.78, 5) is 34.3. The third kappa shape index (κ3) is 5.82. The van der Waals surface area contributed by atoms with Crippen LogP contribution in [0.1, 0.15) is 48.2 Å². The van der Waals surface area contributed by atoms with Crippen LogP contribution in [0.2, 0.25) is 0 Å². The van der Waals surface area contributed by atoms with E-state index < -0.39 is 5.97 Å². The summed E-state index contributed by atoms with van der Waals surface area (Å²) in [7, 11) is 1.30. The Kier molecular flexibility index (Phi) is 7.11. The minimum absolute atomic E-state index is 0.0525. The first-order chi connectivity index (χ1) is 17.6. The van der Waals surface area contributed by atoms with Crippen LogP contribution in [0.3, 0.4) is 0 Å². The van der Waals surface area contributed by atoms with Crippen LogP contribution in [0, 0.1) is 5.92 Å². The fourth-order valence-corrected chi connectivity index (χ4v) is 4.63. The molecule has 1 N–H and O–H groups in total.